The molecule has 1 fully saturated rings. The van der Waals surface area contributed by atoms with Gasteiger partial charge in [0.25, 0.3) is 11.8 Å². The Morgan fingerprint density at radius 1 is 0.923 bits per heavy atom. The molecule has 3 heterocycles. The highest BCUT2D eigenvalue weighted by Crippen LogP contribution is 2.22. The molecule has 2 aliphatic heterocycles. The quantitative estimate of drug-likeness (QED) is 0.771. The first kappa shape index (κ1) is 16.7. The van der Waals surface area contributed by atoms with Gasteiger partial charge in [-0.25, -0.2) is 9.97 Å². The molecule has 0 spiro atoms. The minimum Gasteiger partial charge on any atom is -0.338 e. The van der Waals surface area contributed by atoms with E-state index in [1.807, 2.05) is 13.0 Å². The Hall–Kier alpha value is -2.80. The third kappa shape index (κ3) is 3.06. The van der Waals surface area contributed by atoms with Gasteiger partial charge in [-0.15, -0.1) is 0 Å². The van der Waals surface area contributed by atoms with Crippen molar-refractivity contribution in [3.05, 3.63) is 53.3 Å². The summed E-state index contributed by atoms with van der Waals surface area (Å²) in [6, 6.07) is 8.91. The summed E-state index contributed by atoms with van der Waals surface area (Å²) < 4.78 is 0. The van der Waals surface area contributed by atoms with Crippen molar-refractivity contribution in [3.8, 4) is 0 Å². The number of hydrogen-bond acceptors (Lipinski definition) is 6. The number of hydrogen-bond donors (Lipinski definition) is 0. The smallest absolute Gasteiger partial charge is 0.261 e. The SMILES string of the molecule is Cc1ccnc(N2CCN(CCN3C(=O)c4ccccc4C3=O)CC2)n1. The van der Waals surface area contributed by atoms with Crippen molar-refractivity contribution in [2.45, 2.75) is 6.92 Å². The van der Waals surface area contributed by atoms with E-state index in [4.69, 9.17) is 0 Å². The zero-order valence-electron chi connectivity index (χ0n) is 14.8. The van der Waals surface area contributed by atoms with Gasteiger partial charge in [0.1, 0.15) is 0 Å². The second-order valence-electron chi connectivity index (χ2n) is 6.63. The van der Waals surface area contributed by atoms with Gasteiger partial charge in [-0.1, -0.05) is 12.1 Å². The van der Waals surface area contributed by atoms with Crippen molar-refractivity contribution in [3.63, 3.8) is 0 Å². The second-order valence-corrected chi connectivity index (χ2v) is 6.63. The topological polar surface area (TPSA) is 69.6 Å². The van der Waals surface area contributed by atoms with Crippen molar-refractivity contribution < 1.29 is 9.59 Å². The molecule has 0 saturated carbocycles. The van der Waals surface area contributed by atoms with Gasteiger partial charge < -0.3 is 4.90 Å². The number of rotatable bonds is 4. The number of aromatic nitrogens is 2. The first-order valence-electron chi connectivity index (χ1n) is 8.85. The van der Waals surface area contributed by atoms with E-state index in [1.54, 1.807) is 30.5 Å². The number of carbonyl (C=O) groups is 2. The van der Waals surface area contributed by atoms with E-state index >= 15 is 0 Å². The van der Waals surface area contributed by atoms with Gasteiger partial charge >= 0.3 is 0 Å². The van der Waals surface area contributed by atoms with Crippen LogP contribution in [0.5, 0.6) is 0 Å². The number of anilines is 1. The highest BCUT2D eigenvalue weighted by atomic mass is 16.2. The average Bonchev–Trinajstić information content (AvgIpc) is 2.91. The Labute approximate surface area is 152 Å². The van der Waals surface area contributed by atoms with Gasteiger partial charge in [-0.2, -0.15) is 0 Å². The predicted octanol–water partition coefficient (Wildman–Crippen LogP) is 1.20. The summed E-state index contributed by atoms with van der Waals surface area (Å²) in [7, 11) is 0. The normalized spacial score (nSPS) is 17.7. The van der Waals surface area contributed by atoms with Crippen LogP contribution in [-0.4, -0.2) is 70.9 Å². The minimum atomic E-state index is -0.183. The number of nitrogens with zero attached hydrogens (tertiary/aromatic N) is 5. The summed E-state index contributed by atoms with van der Waals surface area (Å²) in [5.41, 5.74) is 1.99. The lowest BCUT2D eigenvalue weighted by Crippen LogP contribution is -2.49. The lowest BCUT2D eigenvalue weighted by molar-refractivity contribution is 0.0635. The zero-order valence-corrected chi connectivity index (χ0v) is 14.8. The molecule has 7 nitrogen and oxygen atoms in total. The highest BCUT2D eigenvalue weighted by molar-refractivity contribution is 6.21. The van der Waals surface area contributed by atoms with Crippen molar-refractivity contribution in [2.24, 2.45) is 0 Å². The van der Waals surface area contributed by atoms with Crippen LogP contribution in [0.4, 0.5) is 5.95 Å². The van der Waals surface area contributed by atoms with Crippen LogP contribution >= 0.6 is 0 Å². The predicted molar refractivity (Wildman–Crippen MR) is 97.2 cm³/mol. The van der Waals surface area contributed by atoms with Crippen molar-refractivity contribution in [1.29, 1.82) is 0 Å². The lowest BCUT2D eigenvalue weighted by atomic mass is 10.1. The third-order valence-electron chi connectivity index (χ3n) is 4.96. The number of aryl methyl sites for hydroxylation is 1. The maximum atomic E-state index is 12.4. The summed E-state index contributed by atoms with van der Waals surface area (Å²) in [6.07, 6.45) is 1.78. The van der Waals surface area contributed by atoms with Crippen LogP contribution in [0.3, 0.4) is 0 Å². The fourth-order valence-electron chi connectivity index (χ4n) is 3.44. The van der Waals surface area contributed by atoms with E-state index in [2.05, 4.69) is 19.8 Å². The third-order valence-corrected chi connectivity index (χ3v) is 4.96. The summed E-state index contributed by atoms with van der Waals surface area (Å²) in [4.78, 5) is 39.4. The van der Waals surface area contributed by atoms with Crippen molar-refractivity contribution in [2.75, 3.05) is 44.2 Å². The molecule has 1 aromatic carbocycles. The number of piperazine rings is 1. The molecule has 0 radical (unpaired) electrons. The molecule has 0 aliphatic carbocycles. The molecule has 26 heavy (non-hydrogen) atoms. The van der Waals surface area contributed by atoms with E-state index in [0.29, 0.717) is 24.2 Å². The first-order chi connectivity index (χ1) is 12.6. The highest BCUT2D eigenvalue weighted by Gasteiger charge is 2.35. The van der Waals surface area contributed by atoms with Gasteiger partial charge in [0.05, 0.1) is 11.1 Å². The zero-order chi connectivity index (χ0) is 18.1. The Bertz CT molecular complexity index is 810. The maximum Gasteiger partial charge on any atom is 0.261 e. The molecule has 0 unspecified atom stereocenters. The fourth-order valence-corrected chi connectivity index (χ4v) is 3.44. The summed E-state index contributed by atoms with van der Waals surface area (Å²) in [5.74, 6) is 0.403. The van der Waals surface area contributed by atoms with Crippen LogP contribution in [0.25, 0.3) is 0 Å². The molecule has 2 aliphatic rings. The average molecular weight is 351 g/mol. The monoisotopic (exact) mass is 351 g/mol. The van der Waals surface area contributed by atoms with Crippen LogP contribution in [0.15, 0.2) is 36.5 Å². The molecular weight excluding hydrogens is 330 g/mol. The Morgan fingerprint density at radius 3 is 2.19 bits per heavy atom. The van der Waals surface area contributed by atoms with Gasteiger partial charge in [-0.3, -0.25) is 19.4 Å². The van der Waals surface area contributed by atoms with Crippen molar-refractivity contribution >= 4 is 17.8 Å². The van der Waals surface area contributed by atoms with Gasteiger partial charge in [-0.05, 0) is 25.1 Å². The van der Waals surface area contributed by atoms with Crippen LogP contribution < -0.4 is 4.90 Å². The van der Waals surface area contributed by atoms with E-state index in [-0.39, 0.29) is 11.8 Å². The van der Waals surface area contributed by atoms with Gasteiger partial charge in [0.2, 0.25) is 5.95 Å². The maximum absolute atomic E-state index is 12.4. The molecule has 1 saturated heterocycles. The lowest BCUT2D eigenvalue weighted by Gasteiger charge is -2.35. The van der Waals surface area contributed by atoms with E-state index in [1.165, 1.54) is 4.90 Å². The molecule has 2 aromatic rings. The van der Waals surface area contributed by atoms with E-state index < -0.39 is 0 Å². The molecular formula is C19H21N5O2. The van der Waals surface area contributed by atoms with E-state index in [0.717, 1.165) is 37.8 Å². The molecule has 1 aromatic heterocycles. The first-order valence-corrected chi connectivity index (χ1v) is 8.85. The second kappa shape index (κ2) is 6.84. The number of imide groups is 1. The van der Waals surface area contributed by atoms with Crippen molar-refractivity contribution in [1.82, 2.24) is 19.8 Å². The van der Waals surface area contributed by atoms with Gasteiger partial charge in [0.15, 0.2) is 0 Å². The summed E-state index contributed by atoms with van der Waals surface area (Å²) in [5, 5.41) is 0. The van der Waals surface area contributed by atoms with Crippen LogP contribution in [0.1, 0.15) is 26.4 Å². The molecule has 7 heteroatoms. The molecule has 0 bridgehead atoms. The summed E-state index contributed by atoms with van der Waals surface area (Å²) >= 11 is 0. The molecule has 0 atom stereocenters. The number of fused-ring (bicyclic) bond motifs is 1. The minimum absolute atomic E-state index is 0.183. The van der Waals surface area contributed by atoms with Crippen LogP contribution in [0.2, 0.25) is 0 Å². The Morgan fingerprint density at radius 2 is 1.58 bits per heavy atom. The number of amides is 2. The standard InChI is InChI=1S/C19H21N5O2/c1-14-6-7-20-19(21-14)23-11-8-22(9-12-23)10-13-24-17(25)15-4-2-3-5-16(15)18(24)26/h2-7H,8-13H2,1H3. The Kier molecular flexibility index (Phi) is 4.38. The summed E-state index contributed by atoms with van der Waals surface area (Å²) in [6.45, 7) is 6.48. The Balaban J connectivity index is 1.32. The molecule has 134 valence electrons. The largest absolute Gasteiger partial charge is 0.338 e. The van der Waals surface area contributed by atoms with Crippen LogP contribution in [0, 0.1) is 6.92 Å². The molecule has 4 rings (SSSR count). The molecule has 2 amide bonds. The van der Waals surface area contributed by atoms with E-state index in [9.17, 15) is 9.59 Å². The number of carbonyl (C=O) groups excluding carboxylic acids is 2. The number of benzene rings is 1. The van der Waals surface area contributed by atoms with Crippen LogP contribution in [-0.2, 0) is 0 Å². The molecule has 0 N–H and O–H groups in total. The fraction of sp³-hybridized carbons (Fsp3) is 0.368. The van der Waals surface area contributed by atoms with Gasteiger partial charge in [0, 0.05) is 51.2 Å².